The summed E-state index contributed by atoms with van der Waals surface area (Å²) in [7, 11) is -3.66. The lowest BCUT2D eigenvalue weighted by atomic mass is 10.1. The summed E-state index contributed by atoms with van der Waals surface area (Å²) < 4.78 is 28.1. The second-order valence-corrected chi connectivity index (χ2v) is 7.38. The zero-order valence-corrected chi connectivity index (χ0v) is 14.1. The molecule has 2 aromatic rings. The summed E-state index contributed by atoms with van der Waals surface area (Å²) >= 11 is 3.39. The molecule has 2 N–H and O–H groups in total. The maximum Gasteiger partial charge on any atom is 0.261 e. The topological polar surface area (TPSA) is 66.4 Å². The molecule has 0 fully saturated rings. The third-order valence-corrected chi connectivity index (χ3v) is 5.08. The number of hydrogen-bond donors (Lipinski definition) is 2. The van der Waals surface area contributed by atoms with E-state index in [-0.39, 0.29) is 11.5 Å². The summed E-state index contributed by atoms with van der Waals surface area (Å²) in [4.78, 5) is 0.159. The van der Waals surface area contributed by atoms with Gasteiger partial charge in [0.25, 0.3) is 10.0 Å². The van der Waals surface area contributed by atoms with Crippen LogP contribution in [0.15, 0.2) is 45.8 Å². The molecule has 0 aliphatic heterocycles. The van der Waals surface area contributed by atoms with Crippen molar-refractivity contribution in [2.24, 2.45) is 0 Å². The first-order chi connectivity index (χ1) is 9.83. The van der Waals surface area contributed by atoms with E-state index >= 15 is 0 Å². The molecule has 0 atom stereocenters. The average Bonchev–Trinajstić information content (AvgIpc) is 2.43. The van der Waals surface area contributed by atoms with E-state index in [0.29, 0.717) is 15.7 Å². The van der Waals surface area contributed by atoms with Gasteiger partial charge in [0.1, 0.15) is 0 Å². The van der Waals surface area contributed by atoms with Gasteiger partial charge in [-0.3, -0.25) is 4.72 Å². The van der Waals surface area contributed by atoms with Crippen LogP contribution in [-0.2, 0) is 16.6 Å². The molecule has 0 saturated heterocycles. The smallest absolute Gasteiger partial charge is 0.261 e. The monoisotopic (exact) mass is 369 g/mol. The van der Waals surface area contributed by atoms with E-state index in [2.05, 4.69) is 20.7 Å². The van der Waals surface area contributed by atoms with Gasteiger partial charge in [0, 0.05) is 4.47 Å². The zero-order valence-electron chi connectivity index (χ0n) is 11.7. The molecule has 0 spiro atoms. The van der Waals surface area contributed by atoms with Crippen LogP contribution in [0.4, 0.5) is 5.69 Å². The quantitative estimate of drug-likeness (QED) is 0.867. The predicted molar refractivity (Wildman–Crippen MR) is 86.8 cm³/mol. The van der Waals surface area contributed by atoms with Gasteiger partial charge in [-0.15, -0.1) is 0 Å². The van der Waals surface area contributed by atoms with E-state index in [4.69, 9.17) is 5.11 Å². The molecule has 0 saturated carbocycles. The largest absolute Gasteiger partial charge is 0.392 e. The van der Waals surface area contributed by atoms with Crippen molar-refractivity contribution in [3.63, 3.8) is 0 Å². The molecule has 0 aliphatic rings. The zero-order chi connectivity index (χ0) is 15.6. The van der Waals surface area contributed by atoms with Crippen LogP contribution in [0.2, 0.25) is 0 Å². The minimum absolute atomic E-state index is 0.115. The molecule has 0 heterocycles. The molecule has 0 bridgehead atoms. The van der Waals surface area contributed by atoms with E-state index in [1.165, 1.54) is 12.1 Å². The van der Waals surface area contributed by atoms with Gasteiger partial charge in [0.05, 0.1) is 17.2 Å². The van der Waals surface area contributed by atoms with Gasteiger partial charge < -0.3 is 5.11 Å². The molecular weight excluding hydrogens is 354 g/mol. The van der Waals surface area contributed by atoms with Gasteiger partial charge in [-0.2, -0.15) is 0 Å². The molecular formula is C15H16BrNO3S. The SMILES string of the molecule is Cc1cc(C)c(NS(=O)(=O)c2ccc(CO)cc2)c(Br)c1. The molecule has 0 radical (unpaired) electrons. The molecule has 0 amide bonds. The van der Waals surface area contributed by atoms with Crippen molar-refractivity contribution in [3.05, 3.63) is 57.6 Å². The first kappa shape index (κ1) is 16.0. The number of benzene rings is 2. The van der Waals surface area contributed by atoms with E-state index in [0.717, 1.165) is 11.1 Å². The summed E-state index contributed by atoms with van der Waals surface area (Å²) in [6.45, 7) is 3.69. The van der Waals surface area contributed by atoms with Gasteiger partial charge in [-0.1, -0.05) is 18.2 Å². The van der Waals surface area contributed by atoms with Gasteiger partial charge in [-0.25, -0.2) is 8.42 Å². The van der Waals surface area contributed by atoms with Crippen LogP contribution >= 0.6 is 15.9 Å². The molecule has 2 aromatic carbocycles. The lowest BCUT2D eigenvalue weighted by molar-refractivity contribution is 0.282. The van der Waals surface area contributed by atoms with Gasteiger partial charge in [0.2, 0.25) is 0 Å². The number of anilines is 1. The van der Waals surface area contributed by atoms with E-state index < -0.39 is 10.0 Å². The van der Waals surface area contributed by atoms with E-state index in [9.17, 15) is 8.42 Å². The average molecular weight is 370 g/mol. The number of nitrogens with one attached hydrogen (secondary N) is 1. The Morgan fingerprint density at radius 3 is 2.29 bits per heavy atom. The lowest BCUT2D eigenvalue weighted by Crippen LogP contribution is -2.14. The normalized spacial score (nSPS) is 11.4. The Morgan fingerprint density at radius 2 is 1.76 bits per heavy atom. The Kier molecular flexibility index (Phi) is 4.70. The third kappa shape index (κ3) is 3.64. The van der Waals surface area contributed by atoms with Crippen molar-refractivity contribution < 1.29 is 13.5 Å². The van der Waals surface area contributed by atoms with Gasteiger partial charge in [-0.05, 0) is 64.7 Å². The van der Waals surface area contributed by atoms with Crippen LogP contribution in [0.5, 0.6) is 0 Å². The molecule has 0 unspecified atom stereocenters. The Morgan fingerprint density at radius 1 is 1.14 bits per heavy atom. The molecule has 0 aromatic heterocycles. The van der Waals surface area contributed by atoms with Crippen molar-refractivity contribution >= 4 is 31.6 Å². The molecule has 6 heteroatoms. The molecule has 0 aliphatic carbocycles. The Hall–Kier alpha value is -1.37. The standard InChI is InChI=1S/C15H16BrNO3S/c1-10-7-11(2)15(14(16)8-10)17-21(19,20)13-5-3-12(9-18)4-6-13/h3-8,17-18H,9H2,1-2H3. The fourth-order valence-electron chi connectivity index (χ4n) is 2.01. The van der Waals surface area contributed by atoms with Crippen LogP contribution < -0.4 is 4.72 Å². The molecule has 21 heavy (non-hydrogen) atoms. The summed E-state index contributed by atoms with van der Waals surface area (Å²) in [6, 6.07) is 9.91. The van der Waals surface area contributed by atoms with Crippen LogP contribution in [-0.4, -0.2) is 13.5 Å². The second-order valence-electron chi connectivity index (χ2n) is 4.85. The number of rotatable bonds is 4. The first-order valence-corrected chi connectivity index (χ1v) is 8.60. The summed E-state index contributed by atoms with van der Waals surface area (Å²) in [5.74, 6) is 0. The van der Waals surface area contributed by atoms with Crippen LogP contribution in [0.1, 0.15) is 16.7 Å². The Bertz CT molecular complexity index is 732. The minimum Gasteiger partial charge on any atom is -0.392 e. The number of hydrogen-bond acceptors (Lipinski definition) is 3. The highest BCUT2D eigenvalue weighted by molar-refractivity contribution is 9.10. The highest BCUT2D eigenvalue weighted by Crippen LogP contribution is 2.29. The van der Waals surface area contributed by atoms with E-state index in [1.54, 1.807) is 12.1 Å². The van der Waals surface area contributed by atoms with Crippen LogP contribution in [0.25, 0.3) is 0 Å². The Balaban J connectivity index is 2.37. The lowest BCUT2D eigenvalue weighted by Gasteiger charge is -2.13. The number of aryl methyl sites for hydroxylation is 2. The summed E-state index contributed by atoms with van der Waals surface area (Å²) in [5, 5.41) is 8.99. The summed E-state index contributed by atoms with van der Waals surface area (Å²) in [6.07, 6.45) is 0. The van der Waals surface area contributed by atoms with Crippen molar-refractivity contribution in [1.82, 2.24) is 0 Å². The highest BCUT2D eigenvalue weighted by Gasteiger charge is 2.17. The number of aliphatic hydroxyl groups excluding tert-OH is 1. The maximum absolute atomic E-state index is 12.4. The van der Waals surface area contributed by atoms with Crippen molar-refractivity contribution in [1.29, 1.82) is 0 Å². The molecule has 112 valence electrons. The van der Waals surface area contributed by atoms with Crippen molar-refractivity contribution in [2.45, 2.75) is 25.3 Å². The Labute approximate surface area is 133 Å². The molecule has 4 nitrogen and oxygen atoms in total. The van der Waals surface area contributed by atoms with Crippen LogP contribution in [0, 0.1) is 13.8 Å². The number of sulfonamides is 1. The minimum atomic E-state index is -3.66. The second kappa shape index (κ2) is 6.17. The van der Waals surface area contributed by atoms with Gasteiger partial charge in [0.15, 0.2) is 0 Å². The predicted octanol–water partition coefficient (Wildman–Crippen LogP) is 3.36. The third-order valence-electron chi connectivity index (χ3n) is 3.08. The number of halogens is 1. The fraction of sp³-hybridized carbons (Fsp3) is 0.200. The van der Waals surface area contributed by atoms with E-state index in [1.807, 2.05) is 26.0 Å². The first-order valence-electron chi connectivity index (χ1n) is 6.33. The number of aliphatic hydroxyl groups is 1. The highest BCUT2D eigenvalue weighted by atomic mass is 79.9. The summed E-state index contributed by atoms with van der Waals surface area (Å²) in [5.41, 5.74) is 3.10. The molecule has 2 rings (SSSR count). The van der Waals surface area contributed by atoms with Crippen molar-refractivity contribution in [2.75, 3.05) is 4.72 Å². The maximum atomic E-state index is 12.4. The van der Waals surface area contributed by atoms with Gasteiger partial charge >= 0.3 is 0 Å². The fourth-order valence-corrected chi connectivity index (χ4v) is 4.07. The van der Waals surface area contributed by atoms with Crippen molar-refractivity contribution in [3.8, 4) is 0 Å². The van der Waals surface area contributed by atoms with Crippen LogP contribution in [0.3, 0.4) is 0 Å².